The van der Waals surface area contributed by atoms with E-state index in [0.29, 0.717) is 6.54 Å². The van der Waals surface area contributed by atoms with Crippen LogP contribution in [0.3, 0.4) is 0 Å². The maximum Gasteiger partial charge on any atom is 0.142 e. The number of rotatable bonds is 5. The molecule has 2 aromatic rings. The third kappa shape index (κ3) is 3.61. The van der Waals surface area contributed by atoms with Crippen molar-refractivity contribution in [2.75, 3.05) is 19.5 Å². The second-order valence-corrected chi connectivity index (χ2v) is 4.80. The Balaban J connectivity index is 2.11. The predicted octanol–water partition coefficient (Wildman–Crippen LogP) is 3.47. The topological polar surface area (TPSA) is 43.4 Å². The van der Waals surface area contributed by atoms with Crippen molar-refractivity contribution in [2.45, 2.75) is 6.54 Å². The molecular formula is C14H15BrN2O2. The summed E-state index contributed by atoms with van der Waals surface area (Å²) in [6, 6.07) is 9.56. The number of halogens is 1. The number of anilines is 1. The van der Waals surface area contributed by atoms with Crippen LogP contribution in [0.5, 0.6) is 11.5 Å². The summed E-state index contributed by atoms with van der Waals surface area (Å²) in [5.41, 5.74) is 1.83. The van der Waals surface area contributed by atoms with Gasteiger partial charge in [-0.2, -0.15) is 0 Å². The molecular weight excluding hydrogens is 308 g/mol. The van der Waals surface area contributed by atoms with Gasteiger partial charge in [0.25, 0.3) is 0 Å². The van der Waals surface area contributed by atoms with Crippen LogP contribution >= 0.6 is 15.9 Å². The monoisotopic (exact) mass is 322 g/mol. The molecule has 0 amide bonds. The Bertz CT molecular complexity index is 544. The van der Waals surface area contributed by atoms with E-state index in [2.05, 4.69) is 26.2 Å². The zero-order valence-electron chi connectivity index (χ0n) is 10.8. The molecule has 5 heteroatoms. The molecule has 1 aromatic heterocycles. The molecule has 2 rings (SSSR count). The molecule has 0 saturated carbocycles. The summed E-state index contributed by atoms with van der Waals surface area (Å²) in [6.07, 6.45) is 1.78. The van der Waals surface area contributed by atoms with Gasteiger partial charge >= 0.3 is 0 Å². The van der Waals surface area contributed by atoms with Gasteiger partial charge in [0.1, 0.15) is 11.5 Å². The molecule has 1 N–H and O–H groups in total. The van der Waals surface area contributed by atoms with Crippen LogP contribution in [0.25, 0.3) is 0 Å². The highest BCUT2D eigenvalue weighted by atomic mass is 79.9. The molecule has 0 saturated heterocycles. The van der Waals surface area contributed by atoms with Crippen LogP contribution < -0.4 is 14.8 Å². The highest BCUT2D eigenvalue weighted by molar-refractivity contribution is 9.10. The van der Waals surface area contributed by atoms with Crippen LogP contribution in [-0.2, 0) is 6.54 Å². The van der Waals surface area contributed by atoms with Crippen molar-refractivity contribution < 1.29 is 9.47 Å². The first-order chi connectivity index (χ1) is 9.22. The fourth-order valence-electron chi connectivity index (χ4n) is 1.65. The number of methoxy groups -OCH3 is 2. The van der Waals surface area contributed by atoms with E-state index >= 15 is 0 Å². The number of nitrogens with one attached hydrogen (secondary N) is 1. The molecule has 0 fully saturated rings. The fraction of sp³-hybridized carbons (Fsp3) is 0.214. The second-order valence-electron chi connectivity index (χ2n) is 3.89. The van der Waals surface area contributed by atoms with E-state index in [1.807, 2.05) is 30.3 Å². The summed E-state index contributed by atoms with van der Waals surface area (Å²) < 4.78 is 11.5. The van der Waals surface area contributed by atoms with Crippen LogP contribution in [0.2, 0.25) is 0 Å². The number of nitrogens with zero attached hydrogens (tertiary/aromatic N) is 1. The van der Waals surface area contributed by atoms with E-state index in [1.165, 1.54) is 0 Å². The fourth-order valence-corrected chi connectivity index (χ4v) is 1.88. The Hall–Kier alpha value is -1.75. The van der Waals surface area contributed by atoms with E-state index < -0.39 is 0 Å². The Kier molecular flexibility index (Phi) is 4.63. The Morgan fingerprint density at radius 2 is 2.00 bits per heavy atom. The molecule has 4 nitrogen and oxygen atoms in total. The average molecular weight is 323 g/mol. The molecule has 100 valence electrons. The SMILES string of the molecule is COc1ccc(OC)c(NCc2ccc(Br)cn2)c1. The van der Waals surface area contributed by atoms with Crippen LogP contribution in [0.4, 0.5) is 5.69 Å². The normalized spacial score (nSPS) is 10.1. The van der Waals surface area contributed by atoms with E-state index in [4.69, 9.17) is 9.47 Å². The minimum atomic E-state index is 0.622. The smallest absolute Gasteiger partial charge is 0.142 e. The highest BCUT2D eigenvalue weighted by Crippen LogP contribution is 2.29. The first-order valence-electron chi connectivity index (χ1n) is 5.79. The molecule has 0 spiro atoms. The third-order valence-electron chi connectivity index (χ3n) is 2.66. The van der Waals surface area contributed by atoms with Gasteiger partial charge in [0.15, 0.2) is 0 Å². The van der Waals surface area contributed by atoms with E-state index in [9.17, 15) is 0 Å². The molecule has 0 unspecified atom stereocenters. The maximum absolute atomic E-state index is 5.31. The van der Waals surface area contributed by atoms with E-state index in [0.717, 1.165) is 27.4 Å². The number of ether oxygens (including phenoxy) is 2. The lowest BCUT2D eigenvalue weighted by Gasteiger charge is -2.12. The van der Waals surface area contributed by atoms with Crippen molar-refractivity contribution in [3.63, 3.8) is 0 Å². The van der Waals surface area contributed by atoms with Crippen LogP contribution in [-0.4, -0.2) is 19.2 Å². The Morgan fingerprint density at radius 3 is 2.63 bits per heavy atom. The van der Waals surface area contributed by atoms with E-state index in [1.54, 1.807) is 20.4 Å². The van der Waals surface area contributed by atoms with Gasteiger partial charge in [-0.3, -0.25) is 4.98 Å². The van der Waals surface area contributed by atoms with Crippen molar-refractivity contribution in [3.8, 4) is 11.5 Å². The predicted molar refractivity (Wildman–Crippen MR) is 78.8 cm³/mol. The zero-order chi connectivity index (χ0) is 13.7. The summed E-state index contributed by atoms with van der Waals surface area (Å²) in [5, 5.41) is 3.29. The largest absolute Gasteiger partial charge is 0.497 e. The first-order valence-corrected chi connectivity index (χ1v) is 6.58. The van der Waals surface area contributed by atoms with Gasteiger partial charge in [-0.15, -0.1) is 0 Å². The van der Waals surface area contributed by atoms with Crippen molar-refractivity contribution in [3.05, 3.63) is 46.7 Å². The maximum atomic E-state index is 5.31. The lowest BCUT2D eigenvalue weighted by molar-refractivity contribution is 0.404. The molecule has 0 aliphatic carbocycles. The zero-order valence-corrected chi connectivity index (χ0v) is 12.4. The Morgan fingerprint density at radius 1 is 1.16 bits per heavy atom. The van der Waals surface area contributed by atoms with Gasteiger partial charge in [-0.05, 0) is 40.2 Å². The number of hydrogen-bond acceptors (Lipinski definition) is 4. The van der Waals surface area contributed by atoms with Gasteiger partial charge in [-0.1, -0.05) is 0 Å². The summed E-state index contributed by atoms with van der Waals surface area (Å²) in [5.74, 6) is 1.56. The van der Waals surface area contributed by atoms with Crippen LogP contribution in [0.15, 0.2) is 41.0 Å². The molecule has 0 aliphatic heterocycles. The molecule has 1 heterocycles. The molecule has 0 aliphatic rings. The van der Waals surface area contributed by atoms with Gasteiger partial charge in [0, 0.05) is 16.7 Å². The minimum absolute atomic E-state index is 0.622. The molecule has 0 bridgehead atoms. The van der Waals surface area contributed by atoms with Crippen LogP contribution in [0.1, 0.15) is 5.69 Å². The number of aromatic nitrogens is 1. The quantitative estimate of drug-likeness (QED) is 0.915. The molecule has 0 atom stereocenters. The lowest BCUT2D eigenvalue weighted by Crippen LogP contribution is -2.03. The summed E-state index contributed by atoms with van der Waals surface area (Å²) in [7, 11) is 3.28. The van der Waals surface area contributed by atoms with E-state index in [-0.39, 0.29) is 0 Å². The van der Waals surface area contributed by atoms with Gasteiger partial charge in [0.2, 0.25) is 0 Å². The lowest BCUT2D eigenvalue weighted by atomic mass is 10.2. The highest BCUT2D eigenvalue weighted by Gasteiger charge is 2.05. The van der Waals surface area contributed by atoms with Crippen molar-refractivity contribution in [2.24, 2.45) is 0 Å². The third-order valence-corrected chi connectivity index (χ3v) is 3.12. The number of pyridine rings is 1. The van der Waals surface area contributed by atoms with Gasteiger partial charge in [0.05, 0.1) is 32.1 Å². The standard InChI is InChI=1S/C14H15BrN2O2/c1-18-12-5-6-14(19-2)13(7-12)17-9-11-4-3-10(15)8-16-11/h3-8,17H,9H2,1-2H3. The van der Waals surface area contributed by atoms with Crippen LogP contribution in [0, 0.1) is 0 Å². The summed E-state index contributed by atoms with van der Waals surface area (Å²) in [4.78, 5) is 4.31. The average Bonchev–Trinajstić information content (AvgIpc) is 2.46. The minimum Gasteiger partial charge on any atom is -0.497 e. The second kappa shape index (κ2) is 6.43. The summed E-state index contributed by atoms with van der Waals surface area (Å²) >= 11 is 3.36. The number of benzene rings is 1. The first kappa shape index (κ1) is 13.7. The molecule has 0 radical (unpaired) electrons. The van der Waals surface area contributed by atoms with Gasteiger partial charge < -0.3 is 14.8 Å². The summed E-state index contributed by atoms with van der Waals surface area (Å²) in [6.45, 7) is 0.622. The Labute approximate surface area is 120 Å². The van der Waals surface area contributed by atoms with Gasteiger partial charge in [-0.25, -0.2) is 0 Å². The van der Waals surface area contributed by atoms with Crippen molar-refractivity contribution >= 4 is 21.6 Å². The van der Waals surface area contributed by atoms with Crippen molar-refractivity contribution in [1.82, 2.24) is 4.98 Å². The number of hydrogen-bond donors (Lipinski definition) is 1. The van der Waals surface area contributed by atoms with Crippen molar-refractivity contribution in [1.29, 1.82) is 0 Å². The molecule has 1 aromatic carbocycles. The molecule has 19 heavy (non-hydrogen) atoms.